The van der Waals surface area contributed by atoms with E-state index in [-0.39, 0.29) is 0 Å². The third-order valence-corrected chi connectivity index (χ3v) is 3.41. The third kappa shape index (κ3) is 4.47. The Kier molecular flexibility index (Phi) is 5.54. The van der Waals surface area contributed by atoms with E-state index in [4.69, 9.17) is 0 Å². The molecule has 0 fully saturated rings. The topological polar surface area (TPSA) is 16.8 Å². The molecule has 1 heterocycles. The number of hydrogen-bond acceptors (Lipinski definition) is 1. The lowest BCUT2D eigenvalue weighted by atomic mass is 10.1. The number of aryl methyl sites for hydroxylation is 1. The van der Waals surface area contributed by atoms with Crippen LogP contribution in [0.4, 0.5) is 0 Å². The van der Waals surface area contributed by atoms with Gasteiger partial charge in [-0.2, -0.15) is 4.57 Å². The fourth-order valence-electron chi connectivity index (χ4n) is 2.29. The molecule has 0 atom stereocenters. The molecule has 0 saturated heterocycles. The molecule has 19 heavy (non-hydrogen) atoms. The maximum absolute atomic E-state index is 4.27. The quantitative estimate of drug-likeness (QED) is 0.546. The van der Waals surface area contributed by atoms with Crippen LogP contribution in [-0.4, -0.2) is 4.98 Å². The molecular weight excluding hydrogens is 232 g/mol. The van der Waals surface area contributed by atoms with E-state index < -0.39 is 0 Å². The average Bonchev–Trinajstić information content (AvgIpc) is 2.46. The van der Waals surface area contributed by atoms with Crippen molar-refractivity contribution in [2.24, 2.45) is 0 Å². The molecule has 1 aromatic carbocycles. The van der Waals surface area contributed by atoms with Gasteiger partial charge in [-0.25, -0.2) is 0 Å². The first kappa shape index (κ1) is 13.7. The van der Waals surface area contributed by atoms with Crippen LogP contribution in [0.2, 0.25) is 0 Å². The highest BCUT2D eigenvalue weighted by atomic mass is 15.0. The highest BCUT2D eigenvalue weighted by Gasteiger charge is 2.10. The summed E-state index contributed by atoms with van der Waals surface area (Å²) >= 11 is 0. The summed E-state index contributed by atoms with van der Waals surface area (Å²) < 4.78 is 2.31. The maximum Gasteiger partial charge on any atom is 0.200 e. The van der Waals surface area contributed by atoms with Crippen LogP contribution in [0.3, 0.4) is 0 Å². The van der Waals surface area contributed by atoms with Gasteiger partial charge in [-0.1, -0.05) is 56.5 Å². The van der Waals surface area contributed by atoms with Crippen molar-refractivity contribution >= 4 is 0 Å². The molecule has 2 heteroatoms. The van der Waals surface area contributed by atoms with Gasteiger partial charge in [-0.3, -0.25) is 4.98 Å². The number of rotatable bonds is 7. The van der Waals surface area contributed by atoms with Gasteiger partial charge in [0.05, 0.1) is 12.4 Å². The molecule has 0 aliphatic rings. The Morgan fingerprint density at radius 1 is 1.05 bits per heavy atom. The molecule has 2 aromatic rings. The zero-order valence-corrected chi connectivity index (χ0v) is 11.8. The van der Waals surface area contributed by atoms with Crippen molar-refractivity contribution in [2.75, 3.05) is 0 Å². The van der Waals surface area contributed by atoms with Gasteiger partial charge in [-0.15, -0.1) is 0 Å². The summed E-state index contributed by atoms with van der Waals surface area (Å²) in [5.74, 6) is 0. The molecule has 0 radical (unpaired) electrons. The number of hydrogen-bond donors (Lipinski definition) is 0. The SMILES string of the molecule is CCCCCCc1cncc[n+]1Cc1ccccc1. The molecule has 0 N–H and O–H groups in total. The van der Waals surface area contributed by atoms with E-state index in [0.717, 1.165) is 13.0 Å². The Hall–Kier alpha value is -1.70. The fourth-order valence-corrected chi connectivity index (χ4v) is 2.29. The van der Waals surface area contributed by atoms with Crippen molar-refractivity contribution in [1.82, 2.24) is 4.98 Å². The molecule has 2 nitrogen and oxygen atoms in total. The second-order valence-electron chi connectivity index (χ2n) is 4.99. The molecule has 100 valence electrons. The molecule has 0 aliphatic carbocycles. The van der Waals surface area contributed by atoms with Crippen LogP contribution in [-0.2, 0) is 13.0 Å². The van der Waals surface area contributed by atoms with Gasteiger partial charge in [-0.05, 0) is 6.42 Å². The number of nitrogens with zero attached hydrogens (tertiary/aromatic N) is 2. The second-order valence-corrected chi connectivity index (χ2v) is 4.99. The lowest BCUT2D eigenvalue weighted by molar-refractivity contribution is -0.696. The molecule has 0 spiro atoms. The second kappa shape index (κ2) is 7.67. The summed E-state index contributed by atoms with van der Waals surface area (Å²) in [6.45, 7) is 3.19. The van der Waals surface area contributed by atoms with Gasteiger partial charge in [0.2, 0.25) is 0 Å². The van der Waals surface area contributed by atoms with E-state index in [1.807, 2.05) is 12.4 Å². The summed E-state index contributed by atoms with van der Waals surface area (Å²) in [5, 5.41) is 0. The van der Waals surface area contributed by atoms with Crippen molar-refractivity contribution in [3.05, 3.63) is 60.2 Å². The number of aromatic nitrogens is 2. The monoisotopic (exact) mass is 255 g/mol. The summed E-state index contributed by atoms with van der Waals surface area (Å²) in [6, 6.07) is 10.6. The van der Waals surface area contributed by atoms with Crippen LogP contribution in [0, 0.1) is 0 Å². The van der Waals surface area contributed by atoms with Crippen LogP contribution < -0.4 is 4.57 Å². The molecule has 0 unspecified atom stereocenters. The molecule has 0 amide bonds. The van der Waals surface area contributed by atoms with Crippen LogP contribution in [0.1, 0.15) is 43.9 Å². The van der Waals surface area contributed by atoms with Gasteiger partial charge in [0.15, 0.2) is 18.4 Å². The Labute approximate surface area is 116 Å². The summed E-state index contributed by atoms with van der Waals surface area (Å²) in [4.78, 5) is 4.27. The van der Waals surface area contributed by atoms with Gasteiger partial charge < -0.3 is 0 Å². The molecule has 0 aliphatic heterocycles. The largest absolute Gasteiger partial charge is 0.252 e. The number of unbranched alkanes of at least 4 members (excludes halogenated alkanes) is 3. The van der Waals surface area contributed by atoms with Crippen LogP contribution in [0.5, 0.6) is 0 Å². The third-order valence-electron chi connectivity index (χ3n) is 3.41. The first-order chi connectivity index (χ1) is 9.40. The van der Waals surface area contributed by atoms with E-state index >= 15 is 0 Å². The summed E-state index contributed by atoms with van der Waals surface area (Å²) in [6.07, 6.45) is 12.3. The highest BCUT2D eigenvalue weighted by molar-refractivity contribution is 5.13. The van der Waals surface area contributed by atoms with Gasteiger partial charge in [0.25, 0.3) is 0 Å². The molecular formula is C17H23N2+. The highest BCUT2D eigenvalue weighted by Crippen LogP contribution is 2.05. The first-order valence-corrected chi connectivity index (χ1v) is 7.26. The zero-order valence-electron chi connectivity index (χ0n) is 11.8. The number of benzene rings is 1. The molecule has 1 aromatic heterocycles. The van der Waals surface area contributed by atoms with Crippen molar-refractivity contribution in [3.8, 4) is 0 Å². The van der Waals surface area contributed by atoms with Crippen molar-refractivity contribution < 1.29 is 4.57 Å². The summed E-state index contributed by atoms with van der Waals surface area (Å²) in [5.41, 5.74) is 2.68. The Morgan fingerprint density at radius 2 is 1.89 bits per heavy atom. The van der Waals surface area contributed by atoms with Crippen molar-refractivity contribution in [1.29, 1.82) is 0 Å². The van der Waals surface area contributed by atoms with Crippen LogP contribution in [0.25, 0.3) is 0 Å². The Morgan fingerprint density at radius 3 is 2.68 bits per heavy atom. The maximum atomic E-state index is 4.27. The van der Waals surface area contributed by atoms with Crippen molar-refractivity contribution in [3.63, 3.8) is 0 Å². The minimum atomic E-state index is 0.937. The Balaban J connectivity index is 2.00. The van der Waals surface area contributed by atoms with Gasteiger partial charge >= 0.3 is 0 Å². The first-order valence-electron chi connectivity index (χ1n) is 7.26. The summed E-state index contributed by atoms with van der Waals surface area (Å²) in [7, 11) is 0. The minimum absolute atomic E-state index is 0.937. The van der Waals surface area contributed by atoms with Crippen molar-refractivity contribution in [2.45, 2.75) is 45.6 Å². The van der Waals surface area contributed by atoms with E-state index in [1.165, 1.54) is 36.9 Å². The van der Waals surface area contributed by atoms with E-state index in [1.54, 1.807) is 0 Å². The van der Waals surface area contributed by atoms with Gasteiger partial charge in [0.1, 0.15) is 0 Å². The van der Waals surface area contributed by atoms with Crippen LogP contribution in [0.15, 0.2) is 48.9 Å². The molecule has 0 bridgehead atoms. The predicted octanol–water partition coefficient (Wildman–Crippen LogP) is 3.54. The van der Waals surface area contributed by atoms with Gasteiger partial charge in [0, 0.05) is 12.0 Å². The predicted molar refractivity (Wildman–Crippen MR) is 77.8 cm³/mol. The van der Waals surface area contributed by atoms with E-state index in [2.05, 4.69) is 53.0 Å². The Bertz CT molecular complexity index is 480. The smallest absolute Gasteiger partial charge is 0.200 e. The average molecular weight is 255 g/mol. The lowest BCUT2D eigenvalue weighted by Crippen LogP contribution is -2.38. The van der Waals surface area contributed by atoms with E-state index in [9.17, 15) is 0 Å². The fraction of sp³-hybridized carbons (Fsp3) is 0.412. The zero-order chi connectivity index (χ0) is 13.3. The van der Waals surface area contributed by atoms with E-state index in [0.29, 0.717) is 0 Å². The molecule has 0 saturated carbocycles. The van der Waals surface area contributed by atoms with Crippen LogP contribution >= 0.6 is 0 Å². The normalized spacial score (nSPS) is 10.6. The molecule has 2 rings (SSSR count). The lowest BCUT2D eigenvalue weighted by Gasteiger charge is -2.03. The minimum Gasteiger partial charge on any atom is -0.252 e. The standard InChI is InChI=1S/C17H23N2/c1-2-3-4-8-11-17-14-18-12-13-19(17)15-16-9-6-5-7-10-16/h5-7,9-10,12-14H,2-4,8,11,15H2,1H3/q+1.